The van der Waals surface area contributed by atoms with E-state index in [0.717, 1.165) is 24.4 Å². The third-order valence-corrected chi connectivity index (χ3v) is 7.15. The Bertz CT molecular complexity index is 1200. The van der Waals surface area contributed by atoms with Crippen LogP contribution in [0.2, 0.25) is 5.02 Å². The SMILES string of the molecule is Cc1c(OCc2ncc(Cl)cc2OCC(F)F)ccc2nc(C3(C)CCS(=O)CC3)nn12.NC=O. The molecule has 0 bridgehead atoms. The number of ether oxygens (including phenoxy) is 2. The van der Waals surface area contributed by atoms with E-state index in [2.05, 4.69) is 17.6 Å². The van der Waals surface area contributed by atoms with E-state index in [9.17, 15) is 13.0 Å². The van der Waals surface area contributed by atoms with Crippen molar-refractivity contribution in [3.05, 3.63) is 46.6 Å². The highest BCUT2D eigenvalue weighted by Crippen LogP contribution is 2.34. The van der Waals surface area contributed by atoms with Gasteiger partial charge >= 0.3 is 0 Å². The molecule has 1 aliphatic rings. The van der Waals surface area contributed by atoms with Crippen LogP contribution in [0.3, 0.4) is 0 Å². The van der Waals surface area contributed by atoms with Crippen LogP contribution in [0.5, 0.6) is 11.5 Å². The van der Waals surface area contributed by atoms with Crippen molar-refractivity contribution >= 4 is 34.5 Å². The van der Waals surface area contributed by atoms with Crippen LogP contribution < -0.4 is 15.2 Å². The van der Waals surface area contributed by atoms with E-state index >= 15 is 0 Å². The summed E-state index contributed by atoms with van der Waals surface area (Å²) >= 11 is 5.92. The number of hydrogen-bond donors (Lipinski definition) is 1. The highest BCUT2D eigenvalue weighted by Gasteiger charge is 2.35. The van der Waals surface area contributed by atoms with Crippen molar-refractivity contribution in [2.24, 2.45) is 5.73 Å². The molecule has 0 aromatic carbocycles. The molecule has 1 fully saturated rings. The predicted octanol–water partition coefficient (Wildman–Crippen LogP) is 3.21. The Morgan fingerprint density at radius 2 is 1.97 bits per heavy atom. The molecule has 0 radical (unpaired) electrons. The number of rotatable bonds is 7. The van der Waals surface area contributed by atoms with Gasteiger partial charge in [-0.3, -0.25) is 14.0 Å². The van der Waals surface area contributed by atoms with Gasteiger partial charge in [0, 0.05) is 40.0 Å². The van der Waals surface area contributed by atoms with Gasteiger partial charge in [-0.05, 0) is 31.9 Å². The molecule has 0 atom stereocenters. The molecular formula is C22H26ClF2N5O4S. The highest BCUT2D eigenvalue weighted by molar-refractivity contribution is 7.85. The zero-order chi connectivity index (χ0) is 25.6. The summed E-state index contributed by atoms with van der Waals surface area (Å²) in [5.41, 5.74) is 5.76. The summed E-state index contributed by atoms with van der Waals surface area (Å²) in [4.78, 5) is 17.4. The molecule has 3 aromatic heterocycles. The lowest BCUT2D eigenvalue weighted by molar-refractivity contribution is -0.106. The summed E-state index contributed by atoms with van der Waals surface area (Å²) in [6.07, 6.45) is 0.609. The maximum Gasteiger partial charge on any atom is 0.272 e. The van der Waals surface area contributed by atoms with Crippen molar-refractivity contribution in [3.8, 4) is 11.5 Å². The first-order valence-corrected chi connectivity index (χ1v) is 12.6. The Balaban J connectivity index is 0.00000108. The molecule has 1 amide bonds. The molecule has 4 rings (SSSR count). The van der Waals surface area contributed by atoms with E-state index in [4.69, 9.17) is 36.0 Å². The number of primary amides is 1. The Hall–Kier alpha value is -2.86. The Morgan fingerprint density at radius 3 is 2.63 bits per heavy atom. The Morgan fingerprint density at radius 1 is 1.29 bits per heavy atom. The third-order valence-electron chi connectivity index (χ3n) is 5.62. The van der Waals surface area contributed by atoms with E-state index in [1.165, 1.54) is 12.3 Å². The average Bonchev–Trinajstić information content (AvgIpc) is 3.27. The second kappa shape index (κ2) is 11.7. The zero-order valence-corrected chi connectivity index (χ0v) is 20.8. The van der Waals surface area contributed by atoms with Gasteiger partial charge in [0.1, 0.15) is 30.4 Å². The molecule has 2 N–H and O–H groups in total. The molecule has 13 heteroatoms. The normalized spacial score (nSPS) is 19.8. The number of aryl methyl sites for hydroxylation is 1. The van der Waals surface area contributed by atoms with Crippen molar-refractivity contribution in [2.45, 2.75) is 45.1 Å². The lowest BCUT2D eigenvalue weighted by Gasteiger charge is -2.30. The summed E-state index contributed by atoms with van der Waals surface area (Å²) in [5.74, 6) is 2.76. The van der Waals surface area contributed by atoms with E-state index in [1.54, 1.807) is 10.6 Å². The van der Waals surface area contributed by atoms with Crippen molar-refractivity contribution in [1.29, 1.82) is 0 Å². The number of carbonyl (C=O) groups excluding carboxylic acids is 1. The van der Waals surface area contributed by atoms with E-state index < -0.39 is 23.8 Å². The lowest BCUT2D eigenvalue weighted by atomic mass is 9.83. The van der Waals surface area contributed by atoms with Crippen molar-refractivity contribution in [3.63, 3.8) is 0 Å². The number of aromatic nitrogens is 4. The summed E-state index contributed by atoms with van der Waals surface area (Å²) < 4.78 is 49.6. The fraction of sp³-hybridized carbons (Fsp3) is 0.455. The second-order valence-electron chi connectivity index (χ2n) is 8.12. The highest BCUT2D eigenvalue weighted by atomic mass is 35.5. The molecule has 0 saturated carbocycles. The summed E-state index contributed by atoms with van der Waals surface area (Å²) in [5, 5.41) is 5.00. The molecule has 1 aliphatic heterocycles. The Kier molecular flexibility index (Phi) is 8.95. The molecule has 9 nitrogen and oxygen atoms in total. The van der Waals surface area contributed by atoms with Crippen LogP contribution in [-0.2, 0) is 27.6 Å². The van der Waals surface area contributed by atoms with E-state index in [0.29, 0.717) is 28.6 Å². The van der Waals surface area contributed by atoms with Crippen LogP contribution in [0.4, 0.5) is 8.78 Å². The van der Waals surface area contributed by atoms with Gasteiger partial charge in [0.15, 0.2) is 11.5 Å². The zero-order valence-electron chi connectivity index (χ0n) is 19.2. The number of hydrogen-bond acceptors (Lipinski definition) is 7. The fourth-order valence-electron chi connectivity index (χ4n) is 3.57. The van der Waals surface area contributed by atoms with Gasteiger partial charge in [0.2, 0.25) is 6.41 Å². The van der Waals surface area contributed by atoms with Crippen LogP contribution in [-0.4, -0.2) is 54.7 Å². The molecule has 0 unspecified atom stereocenters. The fourth-order valence-corrected chi connectivity index (χ4v) is 5.28. The third kappa shape index (κ3) is 6.63. The summed E-state index contributed by atoms with van der Waals surface area (Å²) in [7, 11) is -0.764. The minimum absolute atomic E-state index is 0.00711. The monoisotopic (exact) mass is 529 g/mol. The van der Waals surface area contributed by atoms with Gasteiger partial charge in [-0.1, -0.05) is 18.5 Å². The van der Waals surface area contributed by atoms with Gasteiger partial charge in [-0.25, -0.2) is 18.3 Å². The van der Waals surface area contributed by atoms with Gasteiger partial charge in [0.25, 0.3) is 6.43 Å². The second-order valence-corrected chi connectivity index (χ2v) is 10.3. The number of nitrogens with two attached hydrogens (primary N) is 1. The maximum absolute atomic E-state index is 12.5. The van der Waals surface area contributed by atoms with Gasteiger partial charge in [-0.2, -0.15) is 5.10 Å². The maximum atomic E-state index is 12.5. The molecule has 0 spiro atoms. The van der Waals surface area contributed by atoms with Crippen molar-refractivity contribution < 1.29 is 27.3 Å². The van der Waals surface area contributed by atoms with Crippen LogP contribution in [0.25, 0.3) is 5.65 Å². The molecule has 190 valence electrons. The topological polar surface area (TPSA) is 122 Å². The van der Waals surface area contributed by atoms with Crippen LogP contribution in [0.1, 0.15) is 37.0 Å². The first kappa shape index (κ1) is 26.7. The number of fused-ring (bicyclic) bond motifs is 1. The largest absolute Gasteiger partial charge is 0.486 e. The molecule has 4 heterocycles. The minimum Gasteiger partial charge on any atom is -0.486 e. The summed E-state index contributed by atoms with van der Waals surface area (Å²) in [6, 6.07) is 5.04. The number of alkyl halides is 2. The number of pyridine rings is 2. The molecular weight excluding hydrogens is 504 g/mol. The van der Waals surface area contributed by atoms with Crippen LogP contribution in [0.15, 0.2) is 24.4 Å². The first-order chi connectivity index (χ1) is 16.7. The standard InChI is InChI=1S/C21H23ClF2N4O3S.CH3NO/c1-13-16(30-11-15-17(31-12-18(23)24)9-14(22)10-25-15)3-4-19-26-20(27-28(13)19)21(2)5-7-32(29)8-6-21;2-1-3/h3-4,9-10,18H,5-8,11-12H2,1-2H3;1H,(H2,2,3). The van der Waals surface area contributed by atoms with Crippen LogP contribution >= 0.6 is 11.6 Å². The smallest absolute Gasteiger partial charge is 0.272 e. The minimum atomic E-state index is -2.61. The average molecular weight is 530 g/mol. The van der Waals surface area contributed by atoms with Crippen molar-refractivity contribution in [1.82, 2.24) is 19.6 Å². The quantitative estimate of drug-likeness (QED) is 0.466. The number of carbonyl (C=O) groups is 1. The Labute approximate surface area is 208 Å². The van der Waals surface area contributed by atoms with Gasteiger partial charge < -0.3 is 15.2 Å². The summed E-state index contributed by atoms with van der Waals surface area (Å²) in [6.45, 7) is 3.22. The van der Waals surface area contributed by atoms with Crippen molar-refractivity contribution in [2.75, 3.05) is 18.1 Å². The number of nitrogens with zero attached hydrogens (tertiary/aromatic N) is 4. The molecule has 1 saturated heterocycles. The number of amides is 1. The first-order valence-electron chi connectivity index (χ1n) is 10.7. The predicted molar refractivity (Wildman–Crippen MR) is 128 cm³/mol. The van der Waals surface area contributed by atoms with Crippen LogP contribution in [0, 0.1) is 6.92 Å². The van der Waals surface area contributed by atoms with Gasteiger partial charge in [0.05, 0.1) is 10.7 Å². The lowest BCUT2D eigenvalue weighted by Crippen LogP contribution is -2.33. The van der Waals surface area contributed by atoms with E-state index in [-0.39, 0.29) is 29.2 Å². The molecule has 0 aliphatic carbocycles. The number of halogens is 3. The van der Waals surface area contributed by atoms with Gasteiger partial charge in [-0.15, -0.1) is 0 Å². The van der Waals surface area contributed by atoms with E-state index in [1.807, 2.05) is 13.0 Å². The molecule has 35 heavy (non-hydrogen) atoms. The molecule has 3 aromatic rings.